The summed E-state index contributed by atoms with van der Waals surface area (Å²) >= 11 is 0. The maximum absolute atomic E-state index is 9.62. The van der Waals surface area contributed by atoms with Crippen LogP contribution < -0.4 is 38.1 Å². The van der Waals surface area contributed by atoms with Crippen LogP contribution >= 0.6 is 0 Å². The molecule has 2 saturated heterocycles. The molecule has 12 nitrogen and oxygen atoms in total. The molecular weight excluding hydrogens is 364 g/mol. The molecule has 1 aromatic heterocycles. The fourth-order valence-electron chi connectivity index (χ4n) is 3.67. The van der Waals surface area contributed by atoms with E-state index in [1.54, 1.807) is 0 Å². The highest BCUT2D eigenvalue weighted by molar-refractivity contribution is 5.46. The number of nitrogens with zero attached hydrogens (tertiary/aromatic N) is 5. The first kappa shape index (κ1) is 20.9. The maximum Gasteiger partial charge on any atom is 0.232 e. The summed E-state index contributed by atoms with van der Waals surface area (Å²) in [6, 6.07) is -0.247. The molecule has 0 spiro atoms. The zero-order chi connectivity index (χ0) is 20.3. The lowest BCUT2D eigenvalue weighted by atomic mass is 10.0. The highest BCUT2D eigenvalue weighted by Crippen LogP contribution is 2.22. The largest absolute Gasteiger partial charge is 0.394 e. The van der Waals surface area contributed by atoms with Crippen LogP contribution in [0.3, 0.4) is 0 Å². The molecule has 1 aromatic rings. The van der Waals surface area contributed by atoms with E-state index in [-0.39, 0.29) is 37.3 Å². The van der Waals surface area contributed by atoms with E-state index in [0.717, 1.165) is 12.8 Å². The van der Waals surface area contributed by atoms with Crippen molar-refractivity contribution in [3.05, 3.63) is 0 Å². The fraction of sp³-hybridized carbons (Fsp3) is 0.812. The van der Waals surface area contributed by atoms with Crippen molar-refractivity contribution >= 4 is 17.8 Å². The van der Waals surface area contributed by atoms with Crippen LogP contribution in [0.2, 0.25) is 0 Å². The molecule has 0 amide bonds. The molecule has 12 heteroatoms. The van der Waals surface area contributed by atoms with Crippen LogP contribution in [0.5, 0.6) is 0 Å². The molecule has 11 N–H and O–H groups in total. The highest BCUT2D eigenvalue weighted by atomic mass is 16.3. The molecule has 0 aliphatic carbocycles. The summed E-state index contributed by atoms with van der Waals surface area (Å²) in [7, 11) is 0. The molecule has 5 atom stereocenters. The SMILES string of the molecule is NC1CC(N)CN(c2nc(NCC(O)CO)nc(N3CC(N)CC(N)C3)n2)C1. The third kappa shape index (κ3) is 5.37. The van der Waals surface area contributed by atoms with Gasteiger partial charge in [0.15, 0.2) is 0 Å². The van der Waals surface area contributed by atoms with Gasteiger partial charge >= 0.3 is 0 Å². The van der Waals surface area contributed by atoms with E-state index in [0.29, 0.717) is 44.0 Å². The van der Waals surface area contributed by atoms with Crippen LogP contribution in [-0.2, 0) is 0 Å². The van der Waals surface area contributed by atoms with Crippen molar-refractivity contribution < 1.29 is 10.2 Å². The average molecular weight is 397 g/mol. The van der Waals surface area contributed by atoms with Crippen LogP contribution in [-0.4, -0.2) is 94.8 Å². The Labute approximate surface area is 164 Å². The van der Waals surface area contributed by atoms with Crippen molar-refractivity contribution in [2.24, 2.45) is 22.9 Å². The minimum absolute atomic E-state index is 0.0617. The number of hydrogen-bond acceptors (Lipinski definition) is 12. The summed E-state index contributed by atoms with van der Waals surface area (Å²) < 4.78 is 0. The Morgan fingerprint density at radius 3 is 1.68 bits per heavy atom. The zero-order valence-corrected chi connectivity index (χ0v) is 16.0. The number of aromatic nitrogens is 3. The van der Waals surface area contributed by atoms with Crippen LogP contribution in [0.1, 0.15) is 12.8 Å². The lowest BCUT2D eigenvalue weighted by Crippen LogP contribution is -2.54. The molecule has 2 fully saturated rings. The number of aliphatic hydroxyl groups is 2. The Morgan fingerprint density at radius 2 is 1.29 bits per heavy atom. The molecule has 0 bridgehead atoms. The lowest BCUT2D eigenvalue weighted by Gasteiger charge is -2.37. The second-order valence-corrected chi connectivity index (χ2v) is 7.80. The standard InChI is InChI=1S/C16H32N10O2/c17-9-1-10(18)5-25(4-9)15-22-14(21-3-13(28)8-27)23-16(24-15)26-6-11(19)2-12(20)7-26/h9-13,27-28H,1-8,17-20H2,(H,21,22,23,24). The first-order chi connectivity index (χ1) is 13.3. The molecular formula is C16H32N10O2. The van der Waals surface area contributed by atoms with Crippen molar-refractivity contribution in [2.45, 2.75) is 43.1 Å². The summed E-state index contributed by atoms with van der Waals surface area (Å²) in [6.45, 7) is 2.12. The number of anilines is 3. The quantitative estimate of drug-likeness (QED) is 0.249. The zero-order valence-electron chi connectivity index (χ0n) is 16.0. The summed E-state index contributed by atoms with van der Waals surface area (Å²) in [5, 5.41) is 21.6. The fourth-order valence-corrected chi connectivity index (χ4v) is 3.67. The molecule has 5 unspecified atom stereocenters. The summed E-state index contributed by atoms with van der Waals surface area (Å²) in [4.78, 5) is 17.4. The Morgan fingerprint density at radius 1 is 0.857 bits per heavy atom. The predicted octanol–water partition coefficient (Wildman–Crippen LogP) is -3.63. The van der Waals surface area contributed by atoms with Gasteiger partial charge in [-0.15, -0.1) is 0 Å². The van der Waals surface area contributed by atoms with Crippen LogP contribution in [0.15, 0.2) is 0 Å². The van der Waals surface area contributed by atoms with Gasteiger partial charge < -0.3 is 48.3 Å². The second-order valence-electron chi connectivity index (χ2n) is 7.80. The van der Waals surface area contributed by atoms with Crippen LogP contribution in [0.4, 0.5) is 17.8 Å². The Hall–Kier alpha value is -1.83. The molecule has 3 rings (SSSR count). The highest BCUT2D eigenvalue weighted by Gasteiger charge is 2.28. The number of rotatable bonds is 6. The van der Waals surface area contributed by atoms with Gasteiger partial charge in [-0.25, -0.2) is 0 Å². The third-order valence-electron chi connectivity index (χ3n) is 4.91. The van der Waals surface area contributed by atoms with Gasteiger partial charge in [0.25, 0.3) is 0 Å². The normalized spacial score (nSPS) is 29.6. The number of piperidine rings is 2. The van der Waals surface area contributed by atoms with Gasteiger partial charge in [-0.1, -0.05) is 0 Å². The Kier molecular flexibility index (Phi) is 6.80. The van der Waals surface area contributed by atoms with Gasteiger partial charge in [0.05, 0.1) is 12.7 Å². The first-order valence-electron chi connectivity index (χ1n) is 9.65. The van der Waals surface area contributed by atoms with Crippen LogP contribution in [0.25, 0.3) is 0 Å². The maximum atomic E-state index is 9.62. The Bertz CT molecular complexity index is 586. The molecule has 0 saturated carbocycles. The Balaban J connectivity index is 1.87. The van der Waals surface area contributed by atoms with Crippen molar-refractivity contribution in [1.29, 1.82) is 0 Å². The van der Waals surface area contributed by atoms with Gasteiger partial charge in [-0.3, -0.25) is 0 Å². The molecule has 2 aliphatic heterocycles. The van der Waals surface area contributed by atoms with E-state index in [2.05, 4.69) is 20.3 Å². The second kappa shape index (κ2) is 9.11. The van der Waals surface area contributed by atoms with Crippen molar-refractivity contribution in [3.63, 3.8) is 0 Å². The van der Waals surface area contributed by atoms with E-state index in [9.17, 15) is 5.11 Å². The minimum atomic E-state index is -0.919. The number of hydrogen-bond donors (Lipinski definition) is 7. The number of aliphatic hydroxyl groups excluding tert-OH is 2. The molecule has 0 radical (unpaired) electrons. The van der Waals surface area contributed by atoms with E-state index in [1.165, 1.54) is 0 Å². The smallest absolute Gasteiger partial charge is 0.232 e. The van der Waals surface area contributed by atoms with Gasteiger partial charge in [0.1, 0.15) is 0 Å². The van der Waals surface area contributed by atoms with Crippen molar-refractivity contribution in [1.82, 2.24) is 15.0 Å². The lowest BCUT2D eigenvalue weighted by molar-refractivity contribution is 0.105. The van der Waals surface area contributed by atoms with Crippen molar-refractivity contribution in [3.8, 4) is 0 Å². The van der Waals surface area contributed by atoms with E-state index in [1.807, 2.05) is 9.80 Å². The van der Waals surface area contributed by atoms with Gasteiger partial charge in [-0.2, -0.15) is 15.0 Å². The summed E-state index contributed by atoms with van der Waals surface area (Å²) in [6.07, 6.45) is 0.577. The molecule has 0 aromatic carbocycles. The van der Waals surface area contributed by atoms with E-state index < -0.39 is 6.10 Å². The van der Waals surface area contributed by atoms with Gasteiger partial charge in [-0.05, 0) is 12.8 Å². The third-order valence-corrected chi connectivity index (χ3v) is 4.91. The minimum Gasteiger partial charge on any atom is -0.394 e. The summed E-state index contributed by atoms with van der Waals surface area (Å²) in [5.41, 5.74) is 24.4. The monoisotopic (exact) mass is 396 g/mol. The summed E-state index contributed by atoms with van der Waals surface area (Å²) in [5.74, 6) is 1.22. The molecule has 28 heavy (non-hydrogen) atoms. The average Bonchev–Trinajstić information content (AvgIpc) is 2.64. The molecule has 3 heterocycles. The topological polar surface area (TPSA) is 202 Å². The van der Waals surface area contributed by atoms with Gasteiger partial charge in [0.2, 0.25) is 17.8 Å². The molecule has 2 aliphatic rings. The predicted molar refractivity (Wildman–Crippen MR) is 107 cm³/mol. The van der Waals surface area contributed by atoms with Crippen LogP contribution in [0, 0.1) is 0 Å². The number of nitrogens with one attached hydrogen (secondary N) is 1. The van der Waals surface area contributed by atoms with Crippen molar-refractivity contribution in [2.75, 3.05) is 54.4 Å². The van der Waals surface area contributed by atoms with Gasteiger partial charge in [0, 0.05) is 56.9 Å². The number of nitrogens with two attached hydrogens (primary N) is 4. The molecule has 158 valence electrons. The first-order valence-corrected chi connectivity index (χ1v) is 9.65. The van der Waals surface area contributed by atoms with E-state index >= 15 is 0 Å². The van der Waals surface area contributed by atoms with E-state index in [4.69, 9.17) is 28.0 Å².